The zero-order valence-electron chi connectivity index (χ0n) is 13.0. The molecule has 0 atom stereocenters. The van der Waals surface area contributed by atoms with Crippen LogP contribution in [0.4, 0.5) is 5.82 Å². The van der Waals surface area contributed by atoms with E-state index in [-0.39, 0.29) is 0 Å². The van der Waals surface area contributed by atoms with Gasteiger partial charge in [0.25, 0.3) is 0 Å². The molecule has 2 aromatic heterocycles. The van der Waals surface area contributed by atoms with Crippen LogP contribution in [0.1, 0.15) is 16.9 Å². The molecule has 8 heteroatoms. The normalized spacial score (nSPS) is 17.9. The van der Waals surface area contributed by atoms with E-state index in [4.69, 9.17) is 0 Å². The number of hydrogen-bond donors (Lipinski definition) is 0. The van der Waals surface area contributed by atoms with E-state index in [9.17, 15) is 8.42 Å². The fourth-order valence-corrected chi connectivity index (χ4v) is 4.71. The average Bonchev–Trinajstić information content (AvgIpc) is 2.66. The average molecular weight is 340 g/mol. The standard InChI is InChI=1S/C14H20N4O2S2/c1-10-11(2)21-14-12(10)13(15-9-16-14)17-5-4-6-18(8-7-17)22(3,19)20/h9H,4-8H2,1-3H3. The Balaban J connectivity index is 1.95. The largest absolute Gasteiger partial charge is 0.355 e. The summed E-state index contributed by atoms with van der Waals surface area (Å²) >= 11 is 1.68. The van der Waals surface area contributed by atoms with Crippen LogP contribution in [-0.4, -0.2) is 55.1 Å². The summed E-state index contributed by atoms with van der Waals surface area (Å²) < 4.78 is 25.0. The maximum absolute atomic E-state index is 11.7. The Morgan fingerprint density at radius 1 is 1.14 bits per heavy atom. The van der Waals surface area contributed by atoms with E-state index in [0.29, 0.717) is 19.6 Å². The van der Waals surface area contributed by atoms with E-state index >= 15 is 0 Å². The number of thiophene rings is 1. The minimum absolute atomic E-state index is 0.506. The highest BCUT2D eigenvalue weighted by Gasteiger charge is 2.24. The summed E-state index contributed by atoms with van der Waals surface area (Å²) in [4.78, 5) is 13.3. The van der Waals surface area contributed by atoms with Gasteiger partial charge < -0.3 is 4.90 Å². The number of aryl methyl sites for hydroxylation is 2. The maximum Gasteiger partial charge on any atom is 0.211 e. The van der Waals surface area contributed by atoms with Gasteiger partial charge in [0.1, 0.15) is 17.0 Å². The van der Waals surface area contributed by atoms with E-state index in [1.807, 2.05) is 0 Å². The van der Waals surface area contributed by atoms with Gasteiger partial charge in [-0.1, -0.05) is 0 Å². The quantitative estimate of drug-likeness (QED) is 0.834. The molecule has 3 rings (SSSR count). The van der Waals surface area contributed by atoms with Crippen molar-refractivity contribution >= 4 is 37.4 Å². The van der Waals surface area contributed by atoms with Crippen molar-refractivity contribution in [2.75, 3.05) is 37.3 Å². The van der Waals surface area contributed by atoms with Crippen molar-refractivity contribution in [2.24, 2.45) is 0 Å². The van der Waals surface area contributed by atoms with Gasteiger partial charge in [0.15, 0.2) is 0 Å². The Bertz CT molecular complexity index is 801. The SMILES string of the molecule is Cc1sc2ncnc(N3CCCN(S(C)(=O)=O)CC3)c2c1C. The first-order chi connectivity index (χ1) is 10.4. The molecular weight excluding hydrogens is 320 g/mol. The third-order valence-corrected chi connectivity index (χ3v) is 6.59. The van der Waals surface area contributed by atoms with Crippen LogP contribution in [0.15, 0.2) is 6.33 Å². The first kappa shape index (κ1) is 15.6. The van der Waals surface area contributed by atoms with Crippen LogP contribution in [0.5, 0.6) is 0 Å². The van der Waals surface area contributed by atoms with E-state index < -0.39 is 10.0 Å². The summed E-state index contributed by atoms with van der Waals surface area (Å²) in [5.41, 5.74) is 1.22. The summed E-state index contributed by atoms with van der Waals surface area (Å²) in [6.07, 6.45) is 3.69. The molecule has 0 aromatic carbocycles. The molecule has 22 heavy (non-hydrogen) atoms. The van der Waals surface area contributed by atoms with E-state index in [2.05, 4.69) is 28.7 Å². The fourth-order valence-electron chi connectivity index (χ4n) is 2.84. The van der Waals surface area contributed by atoms with Crippen molar-refractivity contribution in [1.82, 2.24) is 14.3 Å². The molecule has 1 fully saturated rings. The number of fused-ring (bicyclic) bond motifs is 1. The lowest BCUT2D eigenvalue weighted by molar-refractivity contribution is 0.437. The molecule has 1 aliphatic rings. The molecule has 2 aromatic rings. The first-order valence-corrected chi connectivity index (χ1v) is 9.95. The van der Waals surface area contributed by atoms with Crippen LogP contribution in [0.2, 0.25) is 0 Å². The third-order valence-electron chi connectivity index (χ3n) is 4.17. The van der Waals surface area contributed by atoms with Crippen molar-refractivity contribution < 1.29 is 8.42 Å². The Labute approximate surface area is 134 Å². The minimum Gasteiger partial charge on any atom is -0.355 e. The van der Waals surface area contributed by atoms with Crippen LogP contribution in [0.25, 0.3) is 10.2 Å². The van der Waals surface area contributed by atoms with Gasteiger partial charge in [-0.25, -0.2) is 22.7 Å². The van der Waals surface area contributed by atoms with Crippen LogP contribution >= 0.6 is 11.3 Å². The van der Waals surface area contributed by atoms with Crippen molar-refractivity contribution in [2.45, 2.75) is 20.3 Å². The fraction of sp³-hybridized carbons (Fsp3) is 0.571. The second kappa shape index (κ2) is 5.75. The zero-order chi connectivity index (χ0) is 15.9. The topological polar surface area (TPSA) is 66.4 Å². The number of aromatic nitrogens is 2. The smallest absolute Gasteiger partial charge is 0.211 e. The van der Waals surface area contributed by atoms with Gasteiger partial charge >= 0.3 is 0 Å². The second-order valence-electron chi connectivity index (χ2n) is 5.66. The van der Waals surface area contributed by atoms with Gasteiger partial charge in [0.05, 0.1) is 11.6 Å². The van der Waals surface area contributed by atoms with Crippen molar-refractivity contribution in [3.63, 3.8) is 0 Å². The number of nitrogens with zero attached hydrogens (tertiary/aromatic N) is 4. The van der Waals surface area contributed by atoms with Gasteiger partial charge in [-0.2, -0.15) is 0 Å². The van der Waals surface area contributed by atoms with Crippen LogP contribution in [0, 0.1) is 13.8 Å². The van der Waals surface area contributed by atoms with Crippen molar-refractivity contribution in [1.29, 1.82) is 0 Å². The van der Waals surface area contributed by atoms with Crippen molar-refractivity contribution in [3.05, 3.63) is 16.8 Å². The van der Waals surface area contributed by atoms with Gasteiger partial charge in [0, 0.05) is 31.1 Å². The Kier molecular flexibility index (Phi) is 4.09. The maximum atomic E-state index is 11.7. The van der Waals surface area contributed by atoms with Crippen LogP contribution < -0.4 is 4.90 Å². The highest BCUT2D eigenvalue weighted by Crippen LogP contribution is 2.34. The second-order valence-corrected chi connectivity index (χ2v) is 8.85. The Morgan fingerprint density at radius 2 is 1.91 bits per heavy atom. The summed E-state index contributed by atoms with van der Waals surface area (Å²) in [5, 5.41) is 1.11. The minimum atomic E-state index is -3.13. The molecule has 1 saturated heterocycles. The molecule has 120 valence electrons. The zero-order valence-corrected chi connectivity index (χ0v) is 14.7. The molecule has 1 aliphatic heterocycles. The van der Waals surface area contributed by atoms with Crippen LogP contribution in [-0.2, 0) is 10.0 Å². The number of hydrogen-bond acceptors (Lipinski definition) is 6. The number of sulfonamides is 1. The van der Waals surface area contributed by atoms with Gasteiger partial charge in [0.2, 0.25) is 10.0 Å². The van der Waals surface area contributed by atoms with Gasteiger partial charge in [-0.15, -0.1) is 11.3 Å². The lowest BCUT2D eigenvalue weighted by Gasteiger charge is -2.22. The first-order valence-electron chi connectivity index (χ1n) is 7.28. The Hall–Kier alpha value is -1.25. The summed E-state index contributed by atoms with van der Waals surface area (Å²) in [7, 11) is -3.13. The summed E-state index contributed by atoms with van der Waals surface area (Å²) in [5.74, 6) is 0.933. The predicted molar refractivity (Wildman–Crippen MR) is 90.1 cm³/mol. The highest BCUT2D eigenvalue weighted by molar-refractivity contribution is 7.88. The Morgan fingerprint density at radius 3 is 2.64 bits per heavy atom. The molecule has 0 spiro atoms. The molecule has 0 unspecified atom stereocenters. The molecule has 6 nitrogen and oxygen atoms in total. The molecule has 0 amide bonds. The third kappa shape index (κ3) is 2.82. The monoisotopic (exact) mass is 340 g/mol. The number of anilines is 1. The molecule has 0 radical (unpaired) electrons. The lowest BCUT2D eigenvalue weighted by atomic mass is 10.2. The molecule has 3 heterocycles. The molecule has 0 saturated carbocycles. The van der Waals surface area contributed by atoms with Crippen molar-refractivity contribution in [3.8, 4) is 0 Å². The van der Waals surface area contributed by atoms with Gasteiger partial charge in [-0.05, 0) is 25.8 Å². The van der Waals surface area contributed by atoms with E-state index in [0.717, 1.165) is 29.0 Å². The van der Waals surface area contributed by atoms with E-state index in [1.54, 1.807) is 22.0 Å². The van der Waals surface area contributed by atoms with Crippen LogP contribution in [0.3, 0.4) is 0 Å². The highest BCUT2D eigenvalue weighted by atomic mass is 32.2. The molecule has 0 bridgehead atoms. The van der Waals surface area contributed by atoms with E-state index in [1.165, 1.54) is 16.7 Å². The lowest BCUT2D eigenvalue weighted by Crippen LogP contribution is -2.34. The molecule has 0 N–H and O–H groups in total. The van der Waals surface area contributed by atoms with Gasteiger partial charge in [-0.3, -0.25) is 0 Å². The summed E-state index contributed by atoms with van der Waals surface area (Å²) in [6, 6.07) is 0. The molecular formula is C14H20N4O2S2. The number of rotatable bonds is 2. The molecule has 0 aliphatic carbocycles. The predicted octanol–water partition coefficient (Wildman–Crippen LogP) is 1.78. The summed E-state index contributed by atoms with van der Waals surface area (Å²) in [6.45, 7) is 6.75.